The van der Waals surface area contributed by atoms with Crippen molar-refractivity contribution in [3.05, 3.63) is 54.0 Å². The van der Waals surface area contributed by atoms with E-state index >= 15 is 0 Å². The summed E-state index contributed by atoms with van der Waals surface area (Å²) in [6, 6.07) is 10.3. The van der Waals surface area contributed by atoms with Crippen molar-refractivity contribution in [3.8, 4) is 0 Å². The summed E-state index contributed by atoms with van der Waals surface area (Å²) in [5.74, 6) is 0. The topological polar surface area (TPSA) is 45.5 Å². The lowest BCUT2D eigenvalue weighted by molar-refractivity contribution is 0.895. The Bertz CT molecular complexity index is 760. The number of anilines is 2. The van der Waals surface area contributed by atoms with E-state index in [1.54, 1.807) is 0 Å². The lowest BCUT2D eigenvalue weighted by Gasteiger charge is -2.14. The van der Waals surface area contributed by atoms with Gasteiger partial charge in [0.15, 0.2) is 5.65 Å². The van der Waals surface area contributed by atoms with E-state index in [1.807, 2.05) is 44.0 Å². The second-order valence-electron chi connectivity index (χ2n) is 5.35. The van der Waals surface area contributed by atoms with Crippen LogP contribution in [-0.4, -0.2) is 28.7 Å². The molecule has 0 spiro atoms. The molecule has 0 amide bonds. The molecule has 0 aliphatic heterocycles. The van der Waals surface area contributed by atoms with Crippen LogP contribution in [0.5, 0.6) is 0 Å². The second kappa shape index (κ2) is 5.44. The zero-order chi connectivity index (χ0) is 14.8. The van der Waals surface area contributed by atoms with Crippen LogP contribution in [0.25, 0.3) is 5.65 Å². The molecule has 5 nitrogen and oxygen atoms in total. The molecule has 0 saturated heterocycles. The van der Waals surface area contributed by atoms with Crippen LogP contribution in [0.3, 0.4) is 0 Å². The molecule has 108 valence electrons. The molecule has 21 heavy (non-hydrogen) atoms. The van der Waals surface area contributed by atoms with Gasteiger partial charge in [0.05, 0.1) is 5.69 Å². The summed E-state index contributed by atoms with van der Waals surface area (Å²) in [5, 5.41) is 7.81. The third kappa shape index (κ3) is 2.97. The first-order valence-electron chi connectivity index (χ1n) is 6.94. The maximum absolute atomic E-state index is 4.41. The van der Waals surface area contributed by atoms with Crippen molar-refractivity contribution in [2.45, 2.75) is 13.5 Å². The van der Waals surface area contributed by atoms with E-state index in [0.29, 0.717) is 0 Å². The molecule has 1 aromatic carbocycles. The first kappa shape index (κ1) is 13.4. The Morgan fingerprint density at radius 2 is 2.10 bits per heavy atom. The lowest BCUT2D eigenvalue weighted by atomic mass is 10.2. The minimum absolute atomic E-state index is 0.721. The highest BCUT2D eigenvalue weighted by Gasteiger charge is 2.02. The van der Waals surface area contributed by atoms with Gasteiger partial charge in [-0.2, -0.15) is 5.10 Å². The number of aryl methyl sites for hydroxylation is 1. The summed E-state index contributed by atoms with van der Waals surface area (Å²) in [6.45, 7) is 2.69. The summed E-state index contributed by atoms with van der Waals surface area (Å²) in [6.07, 6.45) is 3.90. The molecule has 0 aliphatic rings. The summed E-state index contributed by atoms with van der Waals surface area (Å²) >= 11 is 0. The predicted octanol–water partition coefficient (Wildman–Crippen LogP) is 2.72. The molecular formula is C16H19N5. The number of hydrogen-bond acceptors (Lipinski definition) is 4. The van der Waals surface area contributed by atoms with E-state index in [0.717, 1.165) is 29.1 Å². The fraction of sp³-hybridized carbons (Fsp3) is 0.250. The molecule has 0 aliphatic carbocycles. The number of hydrogen-bond donors (Lipinski definition) is 1. The van der Waals surface area contributed by atoms with Gasteiger partial charge in [-0.25, -0.2) is 9.50 Å². The van der Waals surface area contributed by atoms with E-state index in [2.05, 4.69) is 44.6 Å². The molecule has 0 saturated carbocycles. The fourth-order valence-electron chi connectivity index (χ4n) is 2.22. The molecule has 2 heterocycles. The molecule has 0 radical (unpaired) electrons. The monoisotopic (exact) mass is 281 g/mol. The van der Waals surface area contributed by atoms with Crippen molar-refractivity contribution in [1.82, 2.24) is 14.6 Å². The van der Waals surface area contributed by atoms with Crippen LogP contribution in [0.1, 0.15) is 11.3 Å². The Balaban J connectivity index is 1.75. The SMILES string of the molecule is Cc1cc2ncc(CNc3cccc(N(C)C)c3)cn2n1. The Labute approximate surface area is 124 Å². The zero-order valence-electron chi connectivity index (χ0n) is 12.5. The van der Waals surface area contributed by atoms with E-state index in [1.165, 1.54) is 5.69 Å². The molecule has 1 N–H and O–H groups in total. The largest absolute Gasteiger partial charge is 0.381 e. The van der Waals surface area contributed by atoms with E-state index in [4.69, 9.17) is 0 Å². The van der Waals surface area contributed by atoms with Crippen LogP contribution in [0.15, 0.2) is 42.7 Å². The number of nitrogens with one attached hydrogen (secondary N) is 1. The third-order valence-corrected chi connectivity index (χ3v) is 3.35. The number of fused-ring (bicyclic) bond motifs is 1. The van der Waals surface area contributed by atoms with Gasteiger partial charge in [0.1, 0.15) is 0 Å². The maximum atomic E-state index is 4.41. The van der Waals surface area contributed by atoms with Gasteiger partial charge in [0.25, 0.3) is 0 Å². The first-order valence-corrected chi connectivity index (χ1v) is 6.94. The van der Waals surface area contributed by atoms with E-state index in [-0.39, 0.29) is 0 Å². The van der Waals surface area contributed by atoms with Gasteiger partial charge in [-0.05, 0) is 25.1 Å². The van der Waals surface area contributed by atoms with E-state index in [9.17, 15) is 0 Å². The minimum atomic E-state index is 0.721. The van der Waals surface area contributed by atoms with Gasteiger partial charge in [-0.15, -0.1) is 0 Å². The minimum Gasteiger partial charge on any atom is -0.381 e. The Kier molecular flexibility index (Phi) is 3.48. The average Bonchev–Trinajstić information content (AvgIpc) is 2.84. The van der Waals surface area contributed by atoms with Gasteiger partial charge in [0.2, 0.25) is 0 Å². The number of nitrogens with zero attached hydrogens (tertiary/aromatic N) is 4. The van der Waals surface area contributed by atoms with Crippen LogP contribution >= 0.6 is 0 Å². The molecule has 0 atom stereocenters. The molecular weight excluding hydrogens is 262 g/mol. The van der Waals surface area contributed by atoms with Gasteiger partial charge >= 0.3 is 0 Å². The Hall–Kier alpha value is -2.56. The lowest BCUT2D eigenvalue weighted by Crippen LogP contribution is -2.09. The third-order valence-electron chi connectivity index (χ3n) is 3.35. The smallest absolute Gasteiger partial charge is 0.155 e. The van der Waals surface area contributed by atoms with Crippen molar-refractivity contribution in [3.63, 3.8) is 0 Å². The van der Waals surface area contributed by atoms with Gasteiger partial charge in [0, 0.05) is 56.0 Å². The van der Waals surface area contributed by atoms with Crippen LogP contribution in [-0.2, 0) is 6.54 Å². The molecule has 3 aromatic rings. The van der Waals surface area contributed by atoms with Crippen molar-refractivity contribution >= 4 is 17.0 Å². The van der Waals surface area contributed by atoms with Crippen molar-refractivity contribution in [2.24, 2.45) is 0 Å². The van der Waals surface area contributed by atoms with Crippen LogP contribution < -0.4 is 10.2 Å². The quantitative estimate of drug-likeness (QED) is 0.798. The highest BCUT2D eigenvalue weighted by molar-refractivity contribution is 5.57. The second-order valence-corrected chi connectivity index (χ2v) is 5.35. The number of aromatic nitrogens is 3. The predicted molar refractivity (Wildman–Crippen MR) is 85.8 cm³/mol. The van der Waals surface area contributed by atoms with Gasteiger partial charge < -0.3 is 10.2 Å². The molecule has 5 heteroatoms. The van der Waals surface area contributed by atoms with Crippen LogP contribution in [0, 0.1) is 6.92 Å². The molecule has 0 bridgehead atoms. The maximum Gasteiger partial charge on any atom is 0.155 e. The fourth-order valence-corrected chi connectivity index (χ4v) is 2.22. The molecule has 3 rings (SSSR count). The molecule has 2 aromatic heterocycles. The van der Waals surface area contributed by atoms with Gasteiger partial charge in [-0.3, -0.25) is 0 Å². The molecule has 0 unspecified atom stereocenters. The summed E-state index contributed by atoms with van der Waals surface area (Å²) < 4.78 is 1.82. The summed E-state index contributed by atoms with van der Waals surface area (Å²) in [7, 11) is 4.08. The normalized spacial score (nSPS) is 10.8. The summed E-state index contributed by atoms with van der Waals surface area (Å²) in [4.78, 5) is 6.50. The van der Waals surface area contributed by atoms with Gasteiger partial charge in [-0.1, -0.05) is 6.07 Å². The highest BCUT2D eigenvalue weighted by Crippen LogP contribution is 2.18. The summed E-state index contributed by atoms with van der Waals surface area (Å²) in [5.41, 5.74) is 5.23. The standard InChI is InChI=1S/C16H19N5/c1-12-7-16-18-10-13(11-21(16)19-12)9-17-14-5-4-6-15(8-14)20(2)3/h4-8,10-11,17H,9H2,1-3H3. The number of rotatable bonds is 4. The van der Waals surface area contributed by atoms with Crippen LogP contribution in [0.4, 0.5) is 11.4 Å². The van der Waals surface area contributed by atoms with Crippen molar-refractivity contribution in [1.29, 1.82) is 0 Å². The zero-order valence-corrected chi connectivity index (χ0v) is 12.5. The van der Waals surface area contributed by atoms with Crippen molar-refractivity contribution < 1.29 is 0 Å². The Morgan fingerprint density at radius 3 is 2.90 bits per heavy atom. The highest BCUT2D eigenvalue weighted by atomic mass is 15.2. The van der Waals surface area contributed by atoms with Crippen molar-refractivity contribution in [2.75, 3.05) is 24.3 Å². The average molecular weight is 281 g/mol. The molecule has 0 fully saturated rings. The first-order chi connectivity index (χ1) is 10.1. The van der Waals surface area contributed by atoms with E-state index < -0.39 is 0 Å². The number of benzene rings is 1. The Morgan fingerprint density at radius 1 is 1.24 bits per heavy atom. The van der Waals surface area contributed by atoms with Crippen LogP contribution in [0.2, 0.25) is 0 Å².